The molecular formula is C8H18N2O2. The van der Waals surface area contributed by atoms with E-state index in [1.807, 2.05) is 13.8 Å². The summed E-state index contributed by atoms with van der Waals surface area (Å²) < 4.78 is 5.35. The zero-order valence-electron chi connectivity index (χ0n) is 7.71. The Morgan fingerprint density at radius 2 is 2.33 bits per heavy atom. The van der Waals surface area contributed by atoms with Crippen LogP contribution in [0.5, 0.6) is 0 Å². The lowest BCUT2D eigenvalue weighted by Crippen LogP contribution is -2.60. The maximum Gasteiger partial charge on any atom is 0.240 e. The summed E-state index contributed by atoms with van der Waals surface area (Å²) in [6.45, 7) is 3.96. The summed E-state index contributed by atoms with van der Waals surface area (Å²) in [5.74, 6) is 4.02. The van der Waals surface area contributed by atoms with Crippen molar-refractivity contribution >= 4 is 0 Å². The fourth-order valence-electron chi connectivity index (χ4n) is 1.73. The largest absolute Gasteiger partial charge is 0.352 e. The molecule has 0 amide bonds. The van der Waals surface area contributed by atoms with Crippen LogP contribution in [0.3, 0.4) is 0 Å². The third-order valence-corrected chi connectivity index (χ3v) is 2.56. The Balaban J connectivity index is 2.63. The molecule has 3 unspecified atom stereocenters. The molecule has 0 bridgehead atoms. The van der Waals surface area contributed by atoms with Crippen LogP contribution in [0, 0.1) is 5.92 Å². The number of hydrazine groups is 1. The minimum Gasteiger partial charge on any atom is -0.352 e. The Morgan fingerprint density at radius 1 is 1.67 bits per heavy atom. The smallest absolute Gasteiger partial charge is 0.240 e. The first-order chi connectivity index (χ1) is 5.62. The molecule has 0 aliphatic carbocycles. The van der Waals surface area contributed by atoms with Crippen molar-refractivity contribution in [3.8, 4) is 0 Å². The maximum atomic E-state index is 9.85. The normalized spacial score (nSPS) is 43.0. The number of nitrogens with one attached hydrogen (secondary N) is 1. The third kappa shape index (κ3) is 1.77. The van der Waals surface area contributed by atoms with Crippen molar-refractivity contribution in [2.75, 3.05) is 0 Å². The van der Waals surface area contributed by atoms with Gasteiger partial charge >= 0.3 is 0 Å². The second-order valence-electron chi connectivity index (χ2n) is 3.45. The Labute approximate surface area is 73.1 Å². The van der Waals surface area contributed by atoms with E-state index in [1.54, 1.807) is 0 Å². The average molecular weight is 174 g/mol. The second-order valence-corrected chi connectivity index (χ2v) is 3.45. The first-order valence-electron chi connectivity index (χ1n) is 4.50. The van der Waals surface area contributed by atoms with Crippen LogP contribution in [0.2, 0.25) is 0 Å². The maximum absolute atomic E-state index is 9.85. The van der Waals surface area contributed by atoms with Gasteiger partial charge in [0.15, 0.2) is 0 Å². The van der Waals surface area contributed by atoms with E-state index < -0.39 is 5.91 Å². The van der Waals surface area contributed by atoms with Crippen molar-refractivity contribution in [3.05, 3.63) is 0 Å². The van der Waals surface area contributed by atoms with Crippen molar-refractivity contribution in [2.24, 2.45) is 11.8 Å². The molecule has 4 nitrogen and oxygen atoms in total. The summed E-state index contributed by atoms with van der Waals surface area (Å²) in [4.78, 5) is 0. The number of rotatable bonds is 2. The minimum absolute atomic E-state index is 0.0776. The quantitative estimate of drug-likeness (QED) is 0.320. The molecule has 1 heterocycles. The van der Waals surface area contributed by atoms with Gasteiger partial charge < -0.3 is 9.84 Å². The molecular weight excluding hydrogens is 156 g/mol. The van der Waals surface area contributed by atoms with Crippen LogP contribution in [-0.4, -0.2) is 17.1 Å². The standard InChI is InChI=1S/C8H18N2O2/c1-3-7-5-4-6(2)12-8(7,11)10-9/h6-7,10-11H,3-5,9H2,1-2H3. The highest BCUT2D eigenvalue weighted by Crippen LogP contribution is 2.31. The van der Waals surface area contributed by atoms with Gasteiger partial charge in [0.25, 0.3) is 0 Å². The van der Waals surface area contributed by atoms with Gasteiger partial charge in [0.05, 0.1) is 6.10 Å². The van der Waals surface area contributed by atoms with E-state index in [9.17, 15) is 5.11 Å². The highest BCUT2D eigenvalue weighted by molar-refractivity contribution is 4.79. The topological polar surface area (TPSA) is 67.5 Å². The molecule has 72 valence electrons. The molecule has 0 saturated carbocycles. The molecule has 4 N–H and O–H groups in total. The van der Waals surface area contributed by atoms with Gasteiger partial charge in [0.1, 0.15) is 0 Å². The van der Waals surface area contributed by atoms with E-state index in [0.717, 1.165) is 19.3 Å². The molecule has 1 saturated heterocycles. The Hall–Kier alpha value is -0.160. The van der Waals surface area contributed by atoms with Crippen molar-refractivity contribution in [2.45, 2.75) is 45.1 Å². The zero-order valence-corrected chi connectivity index (χ0v) is 7.71. The van der Waals surface area contributed by atoms with Crippen LogP contribution in [0.15, 0.2) is 0 Å². The second kappa shape index (κ2) is 3.70. The number of hydrogen-bond donors (Lipinski definition) is 3. The number of aliphatic hydroxyl groups is 1. The van der Waals surface area contributed by atoms with Gasteiger partial charge in [-0.1, -0.05) is 6.92 Å². The van der Waals surface area contributed by atoms with Gasteiger partial charge in [-0.15, -0.1) is 0 Å². The molecule has 0 aromatic heterocycles. The van der Waals surface area contributed by atoms with Gasteiger partial charge in [-0.3, -0.25) is 5.84 Å². The molecule has 12 heavy (non-hydrogen) atoms. The Morgan fingerprint density at radius 3 is 2.83 bits per heavy atom. The molecule has 1 aliphatic heterocycles. The van der Waals surface area contributed by atoms with Gasteiger partial charge in [-0.25, -0.2) is 5.43 Å². The summed E-state index contributed by atoms with van der Waals surface area (Å²) in [6, 6.07) is 0. The Bertz CT molecular complexity index is 154. The Kier molecular flexibility index (Phi) is 3.06. The van der Waals surface area contributed by atoms with Gasteiger partial charge in [0.2, 0.25) is 5.91 Å². The summed E-state index contributed by atoms with van der Waals surface area (Å²) in [7, 11) is 0. The van der Waals surface area contributed by atoms with Crippen LogP contribution in [-0.2, 0) is 4.74 Å². The van der Waals surface area contributed by atoms with Crippen molar-refractivity contribution in [3.63, 3.8) is 0 Å². The van der Waals surface area contributed by atoms with Gasteiger partial charge in [-0.2, -0.15) is 0 Å². The first kappa shape index (κ1) is 9.92. The SMILES string of the molecule is CCC1CCC(C)OC1(O)NN. The lowest BCUT2D eigenvalue weighted by molar-refractivity contribution is -0.298. The van der Waals surface area contributed by atoms with E-state index in [2.05, 4.69) is 5.43 Å². The van der Waals surface area contributed by atoms with Crippen LogP contribution in [0.1, 0.15) is 33.1 Å². The fraction of sp³-hybridized carbons (Fsp3) is 1.00. The van der Waals surface area contributed by atoms with Crippen LogP contribution >= 0.6 is 0 Å². The summed E-state index contributed by atoms with van der Waals surface area (Å²) in [5, 5.41) is 9.85. The molecule has 4 heteroatoms. The molecule has 0 radical (unpaired) electrons. The predicted molar refractivity (Wildman–Crippen MR) is 45.8 cm³/mol. The van der Waals surface area contributed by atoms with Crippen LogP contribution in [0.25, 0.3) is 0 Å². The first-order valence-corrected chi connectivity index (χ1v) is 4.50. The molecule has 0 aromatic rings. The van der Waals surface area contributed by atoms with E-state index in [1.165, 1.54) is 0 Å². The van der Waals surface area contributed by atoms with E-state index >= 15 is 0 Å². The van der Waals surface area contributed by atoms with Gasteiger partial charge in [-0.05, 0) is 26.2 Å². The molecule has 0 spiro atoms. The van der Waals surface area contributed by atoms with E-state index in [4.69, 9.17) is 10.6 Å². The van der Waals surface area contributed by atoms with Crippen molar-refractivity contribution in [1.82, 2.24) is 5.43 Å². The molecule has 1 aliphatic rings. The molecule has 1 fully saturated rings. The van der Waals surface area contributed by atoms with Crippen molar-refractivity contribution < 1.29 is 9.84 Å². The highest BCUT2D eigenvalue weighted by atomic mass is 16.7. The average Bonchev–Trinajstić information content (AvgIpc) is 2.05. The van der Waals surface area contributed by atoms with E-state index in [0.29, 0.717) is 0 Å². The van der Waals surface area contributed by atoms with E-state index in [-0.39, 0.29) is 12.0 Å². The predicted octanol–water partition coefficient (Wildman–Crippen LogP) is 0.321. The fourth-order valence-corrected chi connectivity index (χ4v) is 1.73. The lowest BCUT2D eigenvalue weighted by atomic mass is 9.92. The van der Waals surface area contributed by atoms with Crippen LogP contribution < -0.4 is 11.3 Å². The lowest BCUT2D eigenvalue weighted by Gasteiger charge is -2.41. The molecule has 1 rings (SSSR count). The third-order valence-electron chi connectivity index (χ3n) is 2.56. The van der Waals surface area contributed by atoms with Gasteiger partial charge in [0, 0.05) is 5.92 Å². The summed E-state index contributed by atoms with van der Waals surface area (Å²) >= 11 is 0. The summed E-state index contributed by atoms with van der Waals surface area (Å²) in [6.07, 6.45) is 2.89. The molecule has 0 aromatic carbocycles. The zero-order chi connectivity index (χ0) is 9.19. The highest BCUT2D eigenvalue weighted by Gasteiger charge is 2.40. The number of ether oxygens (including phenoxy) is 1. The number of hydrogen-bond acceptors (Lipinski definition) is 4. The molecule has 3 atom stereocenters. The van der Waals surface area contributed by atoms with Crippen molar-refractivity contribution in [1.29, 1.82) is 0 Å². The summed E-state index contributed by atoms with van der Waals surface area (Å²) in [5.41, 5.74) is 2.35. The monoisotopic (exact) mass is 174 g/mol. The minimum atomic E-state index is -1.31. The van der Waals surface area contributed by atoms with Crippen LogP contribution in [0.4, 0.5) is 0 Å². The number of nitrogens with two attached hydrogens (primary N) is 1.